The second-order valence-electron chi connectivity index (χ2n) is 5.04. The standard InChI is InChI=1S/C16H27N3OS/c1-13-5-7-15(8-6-13)12-21-10-9-18-16(17-3)19-14(2)11-20-4/h5-8,14H,9-12H2,1-4H3,(H2,17,18,19). The highest BCUT2D eigenvalue weighted by Crippen LogP contribution is 2.12. The molecular weight excluding hydrogens is 282 g/mol. The third-order valence-corrected chi connectivity index (χ3v) is 3.98. The van der Waals surface area contributed by atoms with Crippen molar-refractivity contribution >= 4 is 17.7 Å². The minimum atomic E-state index is 0.251. The first kappa shape index (κ1) is 17.9. The molecular formula is C16H27N3OS. The van der Waals surface area contributed by atoms with Crippen LogP contribution < -0.4 is 10.6 Å². The molecule has 1 unspecified atom stereocenters. The zero-order chi connectivity index (χ0) is 15.5. The van der Waals surface area contributed by atoms with Crippen molar-refractivity contribution in [2.45, 2.75) is 25.6 Å². The first-order chi connectivity index (χ1) is 10.2. The molecule has 0 aromatic heterocycles. The van der Waals surface area contributed by atoms with E-state index in [1.165, 1.54) is 11.1 Å². The summed E-state index contributed by atoms with van der Waals surface area (Å²) in [5.74, 6) is 2.93. The van der Waals surface area contributed by atoms with Gasteiger partial charge in [-0.2, -0.15) is 11.8 Å². The van der Waals surface area contributed by atoms with Crippen molar-refractivity contribution in [1.29, 1.82) is 0 Å². The number of hydrogen-bond acceptors (Lipinski definition) is 3. The van der Waals surface area contributed by atoms with Crippen LogP contribution in [0.3, 0.4) is 0 Å². The van der Waals surface area contributed by atoms with E-state index in [4.69, 9.17) is 4.74 Å². The summed E-state index contributed by atoms with van der Waals surface area (Å²) in [7, 11) is 3.49. The number of benzene rings is 1. The van der Waals surface area contributed by atoms with Crippen LogP contribution in [0.4, 0.5) is 0 Å². The Morgan fingerprint density at radius 2 is 2.05 bits per heavy atom. The summed E-state index contributed by atoms with van der Waals surface area (Å²) in [6.45, 7) is 5.76. The summed E-state index contributed by atoms with van der Waals surface area (Å²) >= 11 is 1.92. The smallest absolute Gasteiger partial charge is 0.191 e. The molecule has 5 heteroatoms. The Bertz CT molecular complexity index is 420. The van der Waals surface area contributed by atoms with Gasteiger partial charge in [0.1, 0.15) is 0 Å². The van der Waals surface area contributed by atoms with E-state index < -0.39 is 0 Å². The minimum absolute atomic E-state index is 0.251. The SMILES string of the molecule is CN=C(NCCSCc1ccc(C)cc1)NC(C)COC. The highest BCUT2D eigenvalue weighted by atomic mass is 32.2. The van der Waals surface area contributed by atoms with Crippen molar-refractivity contribution in [2.75, 3.05) is 33.1 Å². The number of aliphatic imine (C=N–C) groups is 1. The second-order valence-corrected chi connectivity index (χ2v) is 6.14. The Morgan fingerprint density at radius 1 is 1.33 bits per heavy atom. The normalized spacial score (nSPS) is 13.0. The summed E-state index contributed by atoms with van der Waals surface area (Å²) in [6, 6.07) is 8.97. The largest absolute Gasteiger partial charge is 0.383 e. The molecule has 1 rings (SSSR count). The van der Waals surface area contributed by atoms with Gasteiger partial charge in [-0.3, -0.25) is 4.99 Å². The lowest BCUT2D eigenvalue weighted by Gasteiger charge is -2.17. The fourth-order valence-corrected chi connectivity index (χ4v) is 2.65. The number of aryl methyl sites for hydroxylation is 1. The zero-order valence-corrected chi connectivity index (χ0v) is 14.3. The van der Waals surface area contributed by atoms with Gasteiger partial charge in [-0.15, -0.1) is 0 Å². The van der Waals surface area contributed by atoms with E-state index in [1.807, 2.05) is 11.8 Å². The highest BCUT2D eigenvalue weighted by molar-refractivity contribution is 7.98. The molecule has 0 aliphatic heterocycles. The molecule has 21 heavy (non-hydrogen) atoms. The number of nitrogens with zero attached hydrogens (tertiary/aromatic N) is 1. The number of nitrogens with one attached hydrogen (secondary N) is 2. The first-order valence-electron chi connectivity index (χ1n) is 7.25. The van der Waals surface area contributed by atoms with E-state index in [0.29, 0.717) is 6.61 Å². The minimum Gasteiger partial charge on any atom is -0.383 e. The molecule has 0 saturated carbocycles. The van der Waals surface area contributed by atoms with Crippen LogP contribution in [-0.4, -0.2) is 45.1 Å². The third kappa shape index (κ3) is 7.97. The van der Waals surface area contributed by atoms with Crippen LogP contribution in [0.25, 0.3) is 0 Å². The Morgan fingerprint density at radius 3 is 2.67 bits per heavy atom. The summed E-state index contributed by atoms with van der Waals surface area (Å²) < 4.78 is 5.10. The van der Waals surface area contributed by atoms with Crippen LogP contribution in [0.1, 0.15) is 18.1 Å². The van der Waals surface area contributed by atoms with Gasteiger partial charge in [0.05, 0.1) is 6.61 Å². The van der Waals surface area contributed by atoms with Crippen molar-refractivity contribution in [2.24, 2.45) is 4.99 Å². The van der Waals surface area contributed by atoms with E-state index in [2.05, 4.69) is 53.7 Å². The van der Waals surface area contributed by atoms with E-state index in [-0.39, 0.29) is 6.04 Å². The molecule has 2 N–H and O–H groups in total. The zero-order valence-electron chi connectivity index (χ0n) is 13.5. The lowest BCUT2D eigenvalue weighted by molar-refractivity contribution is 0.179. The van der Waals surface area contributed by atoms with Crippen LogP contribution in [0.5, 0.6) is 0 Å². The number of thioether (sulfide) groups is 1. The molecule has 0 amide bonds. The molecule has 0 radical (unpaired) electrons. The quantitative estimate of drug-likeness (QED) is 0.440. The Labute approximate surface area is 132 Å². The molecule has 0 fully saturated rings. The summed E-state index contributed by atoms with van der Waals surface area (Å²) in [5.41, 5.74) is 2.69. The van der Waals surface area contributed by atoms with Gasteiger partial charge in [0.25, 0.3) is 0 Å². The molecule has 0 spiro atoms. The fourth-order valence-electron chi connectivity index (χ4n) is 1.84. The molecule has 0 saturated heterocycles. The maximum atomic E-state index is 5.10. The van der Waals surface area contributed by atoms with Crippen LogP contribution in [0.2, 0.25) is 0 Å². The summed E-state index contributed by atoms with van der Waals surface area (Å²) in [5, 5.41) is 6.60. The average Bonchev–Trinajstić information content (AvgIpc) is 2.48. The van der Waals surface area contributed by atoms with Crippen molar-refractivity contribution < 1.29 is 4.74 Å². The molecule has 118 valence electrons. The lowest BCUT2D eigenvalue weighted by atomic mass is 10.2. The third-order valence-electron chi connectivity index (χ3n) is 2.95. The molecule has 0 aliphatic rings. The molecule has 0 aliphatic carbocycles. The maximum Gasteiger partial charge on any atom is 0.191 e. The van der Waals surface area contributed by atoms with E-state index in [0.717, 1.165) is 24.0 Å². The summed E-state index contributed by atoms with van der Waals surface area (Å²) in [4.78, 5) is 4.21. The van der Waals surface area contributed by atoms with Gasteiger partial charge < -0.3 is 15.4 Å². The maximum absolute atomic E-state index is 5.10. The molecule has 1 aromatic carbocycles. The van der Waals surface area contributed by atoms with Crippen molar-refractivity contribution in [3.05, 3.63) is 35.4 Å². The van der Waals surface area contributed by atoms with Crippen molar-refractivity contribution in [3.63, 3.8) is 0 Å². The highest BCUT2D eigenvalue weighted by Gasteiger charge is 2.03. The molecule has 1 atom stereocenters. The predicted molar refractivity (Wildman–Crippen MR) is 93.2 cm³/mol. The van der Waals surface area contributed by atoms with E-state index in [1.54, 1.807) is 14.2 Å². The van der Waals surface area contributed by atoms with Gasteiger partial charge >= 0.3 is 0 Å². The van der Waals surface area contributed by atoms with Crippen molar-refractivity contribution in [1.82, 2.24) is 10.6 Å². The van der Waals surface area contributed by atoms with Gasteiger partial charge in [-0.25, -0.2) is 0 Å². The Balaban J connectivity index is 2.16. The van der Waals surface area contributed by atoms with Gasteiger partial charge in [-0.1, -0.05) is 29.8 Å². The van der Waals surface area contributed by atoms with Crippen LogP contribution in [0, 0.1) is 6.92 Å². The number of rotatable bonds is 8. The number of hydrogen-bond donors (Lipinski definition) is 2. The molecule has 0 bridgehead atoms. The molecule has 0 heterocycles. The number of ether oxygens (including phenoxy) is 1. The number of methoxy groups -OCH3 is 1. The monoisotopic (exact) mass is 309 g/mol. The Hall–Kier alpha value is -1.20. The second kappa shape index (κ2) is 10.5. The average molecular weight is 309 g/mol. The van der Waals surface area contributed by atoms with E-state index in [9.17, 15) is 0 Å². The predicted octanol–water partition coefficient (Wildman–Crippen LogP) is 2.43. The van der Waals surface area contributed by atoms with Gasteiger partial charge in [0.15, 0.2) is 5.96 Å². The molecule has 4 nitrogen and oxygen atoms in total. The Kier molecular flexibility index (Phi) is 8.94. The molecule has 1 aromatic rings. The van der Waals surface area contributed by atoms with E-state index >= 15 is 0 Å². The summed E-state index contributed by atoms with van der Waals surface area (Å²) in [6.07, 6.45) is 0. The van der Waals surface area contributed by atoms with Gasteiger partial charge in [0.2, 0.25) is 0 Å². The van der Waals surface area contributed by atoms with Crippen molar-refractivity contribution in [3.8, 4) is 0 Å². The van der Waals surface area contributed by atoms with Crippen LogP contribution in [0.15, 0.2) is 29.3 Å². The lowest BCUT2D eigenvalue weighted by Crippen LogP contribution is -2.44. The van der Waals surface area contributed by atoms with Gasteiger partial charge in [0, 0.05) is 38.2 Å². The number of guanidine groups is 1. The topological polar surface area (TPSA) is 45.7 Å². The first-order valence-corrected chi connectivity index (χ1v) is 8.40. The van der Waals surface area contributed by atoms with Crippen LogP contribution in [-0.2, 0) is 10.5 Å². The van der Waals surface area contributed by atoms with Crippen LogP contribution >= 0.6 is 11.8 Å². The fraction of sp³-hybridized carbons (Fsp3) is 0.562. The van der Waals surface area contributed by atoms with Gasteiger partial charge in [-0.05, 0) is 19.4 Å².